The zero-order chi connectivity index (χ0) is 19.4. The van der Waals surface area contributed by atoms with Crippen LogP contribution >= 0.6 is 11.6 Å². The fourth-order valence-corrected chi connectivity index (χ4v) is 2.69. The molecule has 1 aliphatic heterocycles. The summed E-state index contributed by atoms with van der Waals surface area (Å²) in [5, 5.41) is 0.614. The summed E-state index contributed by atoms with van der Waals surface area (Å²) in [7, 11) is 0. The van der Waals surface area contributed by atoms with E-state index in [-0.39, 0.29) is 24.8 Å². The van der Waals surface area contributed by atoms with Crippen molar-refractivity contribution >= 4 is 29.4 Å². The molecule has 5 nitrogen and oxygen atoms in total. The average molecular weight is 385 g/mol. The van der Waals surface area contributed by atoms with Gasteiger partial charge in [-0.15, -0.1) is 0 Å². The van der Waals surface area contributed by atoms with E-state index in [0.29, 0.717) is 27.6 Å². The molecule has 0 unspecified atom stereocenters. The van der Waals surface area contributed by atoms with Crippen LogP contribution in [0.4, 0.5) is 0 Å². The molecule has 0 amide bonds. The number of rotatable bonds is 6. The minimum absolute atomic E-state index is 0.127. The van der Waals surface area contributed by atoms with Crippen molar-refractivity contribution in [3.05, 3.63) is 76.5 Å². The first kappa shape index (κ1) is 18.7. The highest BCUT2D eigenvalue weighted by Gasteiger charge is 2.30. The highest BCUT2D eigenvalue weighted by atomic mass is 35.5. The van der Waals surface area contributed by atoms with Crippen molar-refractivity contribution in [3.8, 4) is 11.5 Å². The molecule has 0 N–H and O–H groups in total. The summed E-state index contributed by atoms with van der Waals surface area (Å²) in [6, 6.07) is 10.3. The Morgan fingerprint density at radius 1 is 1.22 bits per heavy atom. The Morgan fingerprint density at radius 3 is 2.67 bits per heavy atom. The first-order chi connectivity index (χ1) is 13.0. The van der Waals surface area contributed by atoms with Gasteiger partial charge in [0, 0.05) is 10.6 Å². The molecule has 0 fully saturated rings. The minimum Gasteiger partial charge on any atom is -0.481 e. The lowest BCUT2D eigenvalue weighted by Crippen LogP contribution is -2.15. The van der Waals surface area contributed by atoms with Crippen LogP contribution in [0.1, 0.15) is 21.5 Å². The van der Waals surface area contributed by atoms with Gasteiger partial charge in [0.25, 0.3) is 0 Å². The highest BCUT2D eigenvalue weighted by molar-refractivity contribution is 6.30. The van der Waals surface area contributed by atoms with Crippen LogP contribution < -0.4 is 9.47 Å². The lowest BCUT2D eigenvalue weighted by Gasteiger charge is -2.10. The Kier molecular flexibility index (Phi) is 5.62. The zero-order valence-corrected chi connectivity index (χ0v) is 15.4. The Labute approximate surface area is 161 Å². The number of ketones is 1. The molecule has 0 aromatic heterocycles. The van der Waals surface area contributed by atoms with Gasteiger partial charge in [-0.3, -0.25) is 4.79 Å². The van der Waals surface area contributed by atoms with Gasteiger partial charge in [0.05, 0.1) is 5.56 Å². The fraction of sp³-hybridized carbons (Fsp3) is 0.143. The summed E-state index contributed by atoms with van der Waals surface area (Å²) in [6.45, 7) is 5.13. The maximum Gasteiger partial charge on any atom is 0.344 e. The molecule has 2 aromatic carbocycles. The third-order valence-electron chi connectivity index (χ3n) is 3.91. The summed E-state index contributed by atoms with van der Waals surface area (Å²) in [6.07, 6.45) is 3.14. The molecule has 0 saturated carbocycles. The smallest absolute Gasteiger partial charge is 0.344 e. The van der Waals surface area contributed by atoms with Crippen molar-refractivity contribution in [3.63, 3.8) is 0 Å². The van der Waals surface area contributed by atoms with E-state index in [1.807, 2.05) is 0 Å². The summed E-state index contributed by atoms with van der Waals surface area (Å²) >= 11 is 5.88. The van der Waals surface area contributed by atoms with Crippen molar-refractivity contribution < 1.29 is 23.8 Å². The number of hydrogen-bond donors (Lipinski definition) is 0. The predicted octanol–water partition coefficient (Wildman–Crippen LogP) is 4.37. The second kappa shape index (κ2) is 8.10. The first-order valence-electron chi connectivity index (χ1n) is 8.22. The number of hydrogen-bond acceptors (Lipinski definition) is 5. The van der Waals surface area contributed by atoms with Crippen molar-refractivity contribution in [2.24, 2.45) is 0 Å². The van der Waals surface area contributed by atoms with E-state index >= 15 is 0 Å². The van der Waals surface area contributed by atoms with E-state index in [1.165, 1.54) is 6.08 Å². The number of carbonyl (C=O) groups is 2. The normalized spacial score (nSPS) is 13.9. The molecular formula is C21H17ClO5. The second-order valence-electron chi connectivity index (χ2n) is 5.82. The highest BCUT2D eigenvalue weighted by Crippen LogP contribution is 2.39. The number of allylic oxidation sites excluding steroid dienone is 1. The average Bonchev–Trinajstić information content (AvgIpc) is 2.98. The number of carbonyl (C=O) groups excluding carboxylic acids is 2. The van der Waals surface area contributed by atoms with Crippen LogP contribution in [0.15, 0.2) is 54.8 Å². The molecule has 6 heteroatoms. The number of halogens is 1. The van der Waals surface area contributed by atoms with E-state index in [4.69, 9.17) is 25.8 Å². The molecule has 27 heavy (non-hydrogen) atoms. The third kappa shape index (κ3) is 4.20. The molecule has 0 atom stereocenters. The number of ether oxygens (including phenoxy) is 3. The summed E-state index contributed by atoms with van der Waals surface area (Å²) < 4.78 is 16.1. The van der Waals surface area contributed by atoms with Crippen LogP contribution in [-0.2, 0) is 9.53 Å². The number of fused-ring (bicyclic) bond motifs is 1. The molecule has 1 aliphatic rings. The van der Waals surface area contributed by atoms with Crippen molar-refractivity contribution in [1.29, 1.82) is 0 Å². The molecule has 0 spiro atoms. The fourth-order valence-electron chi connectivity index (χ4n) is 2.56. The Hall–Kier alpha value is -3.05. The molecule has 138 valence electrons. The minimum atomic E-state index is -0.505. The zero-order valence-electron chi connectivity index (χ0n) is 14.7. The lowest BCUT2D eigenvalue weighted by atomic mass is 10.1. The topological polar surface area (TPSA) is 61.8 Å². The van der Waals surface area contributed by atoms with E-state index in [2.05, 4.69) is 6.58 Å². The van der Waals surface area contributed by atoms with Gasteiger partial charge in [-0.2, -0.15) is 0 Å². The summed E-state index contributed by atoms with van der Waals surface area (Å²) in [5.41, 5.74) is 1.89. The van der Waals surface area contributed by atoms with Crippen LogP contribution in [0.2, 0.25) is 5.02 Å². The van der Waals surface area contributed by atoms with Crippen LogP contribution in [0.3, 0.4) is 0 Å². The van der Waals surface area contributed by atoms with Gasteiger partial charge < -0.3 is 14.2 Å². The number of esters is 1. The van der Waals surface area contributed by atoms with Gasteiger partial charge in [0.2, 0.25) is 5.78 Å². The second-order valence-corrected chi connectivity index (χ2v) is 6.25. The van der Waals surface area contributed by atoms with Gasteiger partial charge in [0.15, 0.2) is 12.4 Å². The van der Waals surface area contributed by atoms with Gasteiger partial charge in [-0.05, 0) is 42.8 Å². The molecule has 2 aromatic rings. The molecule has 0 aliphatic carbocycles. The SMILES string of the molecule is C=CCOC(=O)COc1ccc2c(c1C)O/C(=C\c1ccc(Cl)cc1)C2=O. The molecule has 0 bridgehead atoms. The van der Waals surface area contributed by atoms with Crippen LogP contribution in [0, 0.1) is 6.92 Å². The van der Waals surface area contributed by atoms with Crippen molar-refractivity contribution in [1.82, 2.24) is 0 Å². The lowest BCUT2D eigenvalue weighted by molar-refractivity contribution is -0.144. The van der Waals surface area contributed by atoms with Gasteiger partial charge in [-0.25, -0.2) is 4.79 Å². The number of Topliss-reactive ketones (excluding diaryl/α,β-unsaturated/α-hetero) is 1. The molecule has 0 radical (unpaired) electrons. The number of benzene rings is 2. The third-order valence-corrected chi connectivity index (χ3v) is 4.16. The standard InChI is InChI=1S/C21H17ClO5/c1-3-10-25-19(23)12-26-17-9-8-16-20(24)18(27-21(16)13(17)2)11-14-4-6-15(22)7-5-14/h3-9,11H,1,10,12H2,2H3/b18-11-. The van der Waals surface area contributed by atoms with E-state index < -0.39 is 5.97 Å². The van der Waals surface area contributed by atoms with Gasteiger partial charge in [0.1, 0.15) is 18.1 Å². The van der Waals surface area contributed by atoms with Gasteiger partial charge >= 0.3 is 5.97 Å². The molecule has 0 saturated heterocycles. The monoisotopic (exact) mass is 384 g/mol. The maximum atomic E-state index is 12.6. The summed E-state index contributed by atoms with van der Waals surface area (Å²) in [4.78, 5) is 24.1. The maximum absolute atomic E-state index is 12.6. The predicted molar refractivity (Wildman–Crippen MR) is 102 cm³/mol. The van der Waals surface area contributed by atoms with Crippen molar-refractivity contribution in [2.75, 3.05) is 13.2 Å². The van der Waals surface area contributed by atoms with Gasteiger partial charge in [-0.1, -0.05) is 36.4 Å². The van der Waals surface area contributed by atoms with E-state index in [0.717, 1.165) is 5.56 Å². The van der Waals surface area contributed by atoms with Crippen LogP contribution in [0.25, 0.3) is 6.08 Å². The quantitative estimate of drug-likeness (QED) is 0.420. The Bertz CT molecular complexity index is 928. The van der Waals surface area contributed by atoms with E-state index in [1.54, 1.807) is 49.4 Å². The molecule has 1 heterocycles. The summed E-state index contributed by atoms with van der Waals surface area (Å²) in [5.74, 6) is 0.384. The Morgan fingerprint density at radius 2 is 1.96 bits per heavy atom. The molecule has 3 rings (SSSR count). The Balaban J connectivity index is 1.78. The van der Waals surface area contributed by atoms with Crippen LogP contribution in [-0.4, -0.2) is 25.0 Å². The molecular weight excluding hydrogens is 368 g/mol. The van der Waals surface area contributed by atoms with Crippen LogP contribution in [0.5, 0.6) is 11.5 Å². The van der Waals surface area contributed by atoms with E-state index in [9.17, 15) is 9.59 Å². The first-order valence-corrected chi connectivity index (χ1v) is 8.60. The van der Waals surface area contributed by atoms with Crippen molar-refractivity contribution in [2.45, 2.75) is 6.92 Å². The largest absolute Gasteiger partial charge is 0.481 e.